The third kappa shape index (κ3) is 1.57. The lowest BCUT2D eigenvalue weighted by Gasteiger charge is -2.01. The molecule has 0 radical (unpaired) electrons. The van der Waals surface area contributed by atoms with E-state index in [0.717, 1.165) is 0 Å². The third-order valence-electron chi connectivity index (χ3n) is 1.17. The van der Waals surface area contributed by atoms with Crippen LogP contribution in [0.1, 0.15) is 0 Å². The number of hydrogen-bond acceptors (Lipinski definition) is 9. The van der Waals surface area contributed by atoms with Gasteiger partial charge in [-0.3, -0.25) is 4.85 Å². The summed E-state index contributed by atoms with van der Waals surface area (Å²) in [6, 6.07) is 0. The highest BCUT2D eigenvalue weighted by molar-refractivity contribution is 5.61. The maximum Gasteiger partial charge on any atom is 0.204 e. The first-order valence-corrected chi connectivity index (χ1v) is 3.15. The minimum absolute atomic E-state index is 0.0260. The van der Waals surface area contributed by atoms with Crippen LogP contribution in [0.5, 0.6) is 0 Å². The Kier molecular flexibility index (Phi) is 2.88. The van der Waals surface area contributed by atoms with Crippen molar-refractivity contribution < 1.29 is 15.7 Å². The number of anilines is 1. The van der Waals surface area contributed by atoms with Crippen LogP contribution in [0.2, 0.25) is 0 Å². The van der Waals surface area contributed by atoms with Crippen molar-refractivity contribution in [3.63, 3.8) is 0 Å². The van der Waals surface area contributed by atoms with Gasteiger partial charge < -0.3 is 10.9 Å². The molecule has 14 heavy (non-hydrogen) atoms. The topological polar surface area (TPSA) is 179 Å². The van der Waals surface area contributed by atoms with E-state index >= 15 is 0 Å². The highest BCUT2D eigenvalue weighted by atomic mass is 16.6. The fraction of sp³-hybridized carbons (Fsp3) is 0. The zero-order valence-corrected chi connectivity index (χ0v) is 6.73. The maximum absolute atomic E-state index is 10.8. The van der Waals surface area contributed by atoms with Gasteiger partial charge in [0.05, 0.1) is 0 Å². The van der Waals surface area contributed by atoms with Crippen LogP contribution in [0.15, 0.2) is 4.63 Å². The molecule has 0 aliphatic rings. The van der Waals surface area contributed by atoms with Crippen LogP contribution in [0.3, 0.4) is 0 Å². The van der Waals surface area contributed by atoms with Crippen molar-refractivity contribution in [2.75, 3.05) is 5.73 Å². The maximum atomic E-state index is 10.8. The third-order valence-corrected chi connectivity index (χ3v) is 1.17. The molecule has 0 atom stereocenters. The molecule has 2 aromatic heterocycles. The van der Waals surface area contributed by atoms with Crippen LogP contribution < -0.4 is 11.6 Å². The van der Waals surface area contributed by atoms with Crippen LogP contribution in [0.25, 0.3) is 11.5 Å². The van der Waals surface area contributed by atoms with Gasteiger partial charge in [0.25, 0.3) is 0 Å². The normalized spacial score (nSPS) is 9.29. The number of rotatable bonds is 1. The van der Waals surface area contributed by atoms with Crippen LogP contribution >= 0.6 is 0 Å². The second-order valence-electron chi connectivity index (χ2n) is 1.87. The molecule has 0 unspecified atom stereocenters. The van der Waals surface area contributed by atoms with Gasteiger partial charge in [0.15, 0.2) is 11.5 Å². The molecule has 11 heteroatoms. The second kappa shape index (κ2) is 4.11. The van der Waals surface area contributed by atoms with Crippen molar-refractivity contribution >= 4 is 5.82 Å². The summed E-state index contributed by atoms with van der Waals surface area (Å²) < 4.78 is 4.25. The standard InChI is InChI=1S/C3H2N7O2.H4NO/c4-2-1(6-12-7-2)3-5-8-9-10(3)11;1-2/h(H2,4,7);2H,1H3/q-1;+1. The lowest BCUT2D eigenvalue weighted by atomic mass is 10.4. The molecule has 0 aliphatic heterocycles. The van der Waals surface area contributed by atoms with E-state index in [1.807, 2.05) is 0 Å². The van der Waals surface area contributed by atoms with Gasteiger partial charge in [0.1, 0.15) is 0 Å². The van der Waals surface area contributed by atoms with E-state index in [1.165, 1.54) is 0 Å². The van der Waals surface area contributed by atoms with E-state index < -0.39 is 0 Å². The van der Waals surface area contributed by atoms with Crippen LogP contribution in [-0.4, -0.2) is 35.9 Å². The van der Waals surface area contributed by atoms with E-state index in [9.17, 15) is 5.21 Å². The van der Waals surface area contributed by atoms with Crippen molar-refractivity contribution in [1.82, 2.24) is 30.7 Å². The van der Waals surface area contributed by atoms with E-state index in [2.05, 4.69) is 36.4 Å². The molecule has 0 saturated carbocycles. The molecule has 76 valence electrons. The number of nitrogens with two attached hydrogens (primary N) is 1. The predicted octanol–water partition coefficient (Wildman–Crippen LogP) is -2.73. The van der Waals surface area contributed by atoms with E-state index in [4.69, 9.17) is 10.9 Å². The van der Waals surface area contributed by atoms with Crippen LogP contribution in [0.4, 0.5) is 5.82 Å². The first-order valence-electron chi connectivity index (χ1n) is 3.15. The molecule has 0 bridgehead atoms. The zero-order valence-electron chi connectivity index (χ0n) is 6.73. The summed E-state index contributed by atoms with van der Waals surface area (Å²) in [5.74, 6) is 2.09. The average molecular weight is 202 g/mol. The number of nitrogen functional groups attached to an aromatic ring is 1. The second-order valence-corrected chi connectivity index (χ2v) is 1.87. The van der Waals surface area contributed by atoms with Gasteiger partial charge in [0, 0.05) is 0 Å². The summed E-state index contributed by atoms with van der Waals surface area (Å²) >= 11 is 0. The van der Waals surface area contributed by atoms with Crippen molar-refractivity contribution in [3.8, 4) is 11.5 Å². The Hall–Kier alpha value is -2.27. The Morgan fingerprint density at radius 1 is 1.43 bits per heavy atom. The summed E-state index contributed by atoms with van der Waals surface area (Å²) in [5.41, 5.74) is 5.32. The van der Waals surface area contributed by atoms with E-state index in [0.29, 0.717) is 0 Å². The summed E-state index contributed by atoms with van der Waals surface area (Å²) in [6.45, 7) is 0. The van der Waals surface area contributed by atoms with E-state index in [-0.39, 0.29) is 22.2 Å². The van der Waals surface area contributed by atoms with Crippen LogP contribution in [-0.2, 0) is 0 Å². The molecule has 11 nitrogen and oxygen atoms in total. The molecule has 2 aromatic rings. The minimum Gasteiger partial charge on any atom is -0.788 e. The quantitative estimate of drug-likeness (QED) is 0.413. The number of tetrazole rings is 1. The molecular weight excluding hydrogens is 196 g/mol. The zero-order chi connectivity index (χ0) is 10.6. The highest BCUT2D eigenvalue weighted by Crippen LogP contribution is 2.16. The van der Waals surface area contributed by atoms with Crippen molar-refractivity contribution in [2.45, 2.75) is 0 Å². The first-order chi connectivity index (χ1) is 6.79. The number of hydrogen-bond donors (Lipinski definition) is 3. The summed E-state index contributed by atoms with van der Waals surface area (Å²) in [7, 11) is 0. The minimum atomic E-state index is -0.131. The Morgan fingerprint density at radius 2 is 2.14 bits per heavy atom. The molecule has 0 spiro atoms. The van der Waals surface area contributed by atoms with Crippen LogP contribution in [0, 0.1) is 5.21 Å². The Morgan fingerprint density at radius 3 is 2.57 bits per heavy atom. The molecule has 2 rings (SSSR count). The largest absolute Gasteiger partial charge is 0.788 e. The molecule has 0 amide bonds. The summed E-state index contributed by atoms with van der Waals surface area (Å²) in [5, 5.41) is 33.7. The smallest absolute Gasteiger partial charge is 0.204 e. The fourth-order valence-corrected chi connectivity index (χ4v) is 0.668. The average Bonchev–Trinajstić information content (AvgIpc) is 2.78. The van der Waals surface area contributed by atoms with Gasteiger partial charge in [0.2, 0.25) is 5.82 Å². The number of aromatic nitrogens is 6. The Labute approximate surface area is 75.8 Å². The lowest BCUT2D eigenvalue weighted by Crippen LogP contribution is -2.42. The molecule has 0 fully saturated rings. The highest BCUT2D eigenvalue weighted by Gasteiger charge is 2.13. The van der Waals surface area contributed by atoms with Gasteiger partial charge in [-0.25, -0.2) is 15.7 Å². The predicted molar refractivity (Wildman–Crippen MR) is 39.0 cm³/mol. The SMILES string of the molecule is Nc1nonc1-c1nnnn1[O-].[NH3+]O. The monoisotopic (exact) mass is 202 g/mol. The molecule has 6 N–H and O–H groups in total. The van der Waals surface area contributed by atoms with Crippen molar-refractivity contribution in [2.24, 2.45) is 0 Å². The molecule has 2 heterocycles. The van der Waals surface area contributed by atoms with Crippen molar-refractivity contribution in [3.05, 3.63) is 5.21 Å². The first kappa shape index (κ1) is 9.82. The summed E-state index contributed by atoms with van der Waals surface area (Å²) in [6.07, 6.45) is 0. The van der Waals surface area contributed by atoms with Gasteiger partial charge in [-0.05, 0) is 20.7 Å². The number of nitrogens with zero attached hydrogens (tertiary/aromatic N) is 6. The number of quaternary nitrogens is 1. The van der Waals surface area contributed by atoms with Gasteiger partial charge in [-0.15, -0.1) is 5.10 Å². The molecule has 0 saturated heterocycles. The van der Waals surface area contributed by atoms with Gasteiger partial charge in [-0.1, -0.05) is 0 Å². The Bertz CT molecular complexity index is 356. The molecule has 0 aliphatic carbocycles. The summed E-state index contributed by atoms with van der Waals surface area (Å²) in [4.78, 5) is 0.176. The molecular formula is C3H6N8O3. The van der Waals surface area contributed by atoms with Crippen molar-refractivity contribution in [1.29, 1.82) is 0 Å². The molecule has 0 aromatic carbocycles. The van der Waals surface area contributed by atoms with E-state index in [1.54, 1.807) is 0 Å². The Balaban J connectivity index is 0.000000461. The van der Waals surface area contributed by atoms with Gasteiger partial charge >= 0.3 is 0 Å². The fourth-order valence-electron chi connectivity index (χ4n) is 0.668. The van der Waals surface area contributed by atoms with Gasteiger partial charge in [-0.2, -0.15) is 0 Å². The lowest BCUT2D eigenvalue weighted by molar-refractivity contribution is -0.670.